The SMILES string of the molecule is O=C([O-])[C@@H]1COCC(=O)N1Cc1ccccc1. The number of benzene rings is 1. The van der Waals surface area contributed by atoms with Gasteiger partial charge in [-0.2, -0.15) is 0 Å². The van der Waals surface area contributed by atoms with Gasteiger partial charge in [0.2, 0.25) is 5.91 Å². The third-order valence-electron chi connectivity index (χ3n) is 2.67. The van der Waals surface area contributed by atoms with E-state index in [0.29, 0.717) is 0 Å². The molecule has 1 amide bonds. The maximum Gasteiger partial charge on any atom is 0.249 e. The van der Waals surface area contributed by atoms with Crippen molar-refractivity contribution in [1.82, 2.24) is 4.90 Å². The average Bonchev–Trinajstić information content (AvgIpc) is 2.33. The maximum absolute atomic E-state index is 11.6. The summed E-state index contributed by atoms with van der Waals surface area (Å²) < 4.78 is 4.91. The van der Waals surface area contributed by atoms with Crippen LogP contribution >= 0.6 is 0 Å². The molecule has 1 heterocycles. The topological polar surface area (TPSA) is 69.7 Å². The molecule has 1 saturated heterocycles. The molecule has 0 aliphatic carbocycles. The smallest absolute Gasteiger partial charge is 0.249 e. The second-order valence-electron chi connectivity index (χ2n) is 3.86. The van der Waals surface area contributed by atoms with Gasteiger partial charge in [-0.1, -0.05) is 30.3 Å². The first-order valence-electron chi connectivity index (χ1n) is 5.30. The first-order chi connectivity index (χ1) is 8.18. The molecule has 1 aliphatic rings. The summed E-state index contributed by atoms with van der Waals surface area (Å²) in [5, 5.41) is 10.9. The van der Waals surface area contributed by atoms with Gasteiger partial charge in [-0.3, -0.25) is 4.79 Å². The number of carbonyl (C=O) groups is 2. The number of aliphatic carboxylic acids is 1. The van der Waals surface area contributed by atoms with E-state index >= 15 is 0 Å². The Bertz CT molecular complexity index is 418. The Morgan fingerprint density at radius 3 is 2.76 bits per heavy atom. The highest BCUT2D eigenvalue weighted by Crippen LogP contribution is 2.12. The van der Waals surface area contributed by atoms with Crippen molar-refractivity contribution in [2.75, 3.05) is 13.2 Å². The highest BCUT2D eigenvalue weighted by atomic mass is 16.5. The molecule has 17 heavy (non-hydrogen) atoms. The molecule has 0 saturated carbocycles. The summed E-state index contributed by atoms with van der Waals surface area (Å²) in [6.07, 6.45) is 0. The van der Waals surface area contributed by atoms with Crippen LogP contribution in [0, 0.1) is 0 Å². The van der Waals surface area contributed by atoms with Crippen molar-refractivity contribution in [1.29, 1.82) is 0 Å². The normalized spacial score (nSPS) is 20.4. The van der Waals surface area contributed by atoms with Gasteiger partial charge in [0.1, 0.15) is 6.61 Å². The monoisotopic (exact) mass is 234 g/mol. The molecule has 2 rings (SSSR count). The molecule has 0 unspecified atom stereocenters. The van der Waals surface area contributed by atoms with Gasteiger partial charge in [-0.15, -0.1) is 0 Å². The molecule has 1 atom stereocenters. The van der Waals surface area contributed by atoms with E-state index in [9.17, 15) is 14.7 Å². The number of nitrogens with zero attached hydrogens (tertiary/aromatic N) is 1. The average molecular weight is 234 g/mol. The third-order valence-corrected chi connectivity index (χ3v) is 2.67. The number of hydrogen-bond donors (Lipinski definition) is 0. The lowest BCUT2D eigenvalue weighted by Gasteiger charge is -2.36. The van der Waals surface area contributed by atoms with E-state index in [2.05, 4.69) is 0 Å². The lowest BCUT2D eigenvalue weighted by molar-refractivity contribution is -0.313. The predicted octanol–water partition coefficient (Wildman–Crippen LogP) is -0.836. The summed E-state index contributed by atoms with van der Waals surface area (Å²) in [6.45, 7) is 0.180. The molecule has 90 valence electrons. The molecule has 0 aromatic heterocycles. The standard InChI is InChI=1S/C12H13NO4/c14-11-8-17-7-10(12(15)16)13(11)6-9-4-2-1-3-5-9/h1-5,10H,6-8H2,(H,15,16)/p-1/t10-/m0/s1. The summed E-state index contributed by atoms with van der Waals surface area (Å²) in [7, 11) is 0. The van der Waals surface area contributed by atoms with Gasteiger partial charge in [0.25, 0.3) is 0 Å². The zero-order chi connectivity index (χ0) is 12.3. The molecule has 0 spiro atoms. The maximum atomic E-state index is 11.6. The van der Waals surface area contributed by atoms with Crippen LogP contribution in [0.2, 0.25) is 0 Å². The minimum atomic E-state index is -1.28. The van der Waals surface area contributed by atoms with Gasteiger partial charge in [-0.05, 0) is 5.56 Å². The van der Waals surface area contributed by atoms with E-state index < -0.39 is 12.0 Å². The van der Waals surface area contributed by atoms with E-state index in [-0.39, 0.29) is 25.7 Å². The van der Waals surface area contributed by atoms with Crippen molar-refractivity contribution in [3.05, 3.63) is 35.9 Å². The van der Waals surface area contributed by atoms with Crippen LogP contribution in [0.4, 0.5) is 0 Å². The number of hydrogen-bond acceptors (Lipinski definition) is 4. The molecule has 0 bridgehead atoms. The van der Waals surface area contributed by atoms with Crippen LogP contribution in [-0.2, 0) is 20.9 Å². The van der Waals surface area contributed by atoms with Crippen molar-refractivity contribution >= 4 is 11.9 Å². The highest BCUT2D eigenvalue weighted by Gasteiger charge is 2.29. The van der Waals surface area contributed by atoms with E-state index in [1.165, 1.54) is 4.90 Å². The molecule has 1 aliphatic heterocycles. The van der Waals surface area contributed by atoms with E-state index in [1.54, 1.807) is 0 Å². The number of morpholine rings is 1. The van der Waals surface area contributed by atoms with Crippen molar-refractivity contribution in [3.8, 4) is 0 Å². The lowest BCUT2D eigenvalue weighted by Crippen LogP contribution is -2.56. The molecule has 0 N–H and O–H groups in total. The zero-order valence-corrected chi connectivity index (χ0v) is 9.17. The van der Waals surface area contributed by atoms with Gasteiger partial charge in [0.05, 0.1) is 18.6 Å². The Balaban J connectivity index is 2.15. The van der Waals surface area contributed by atoms with Crippen LogP contribution in [-0.4, -0.2) is 36.0 Å². The number of carboxylic acid groups (broad SMARTS) is 1. The van der Waals surface area contributed by atoms with Crippen LogP contribution in [0.15, 0.2) is 30.3 Å². The lowest BCUT2D eigenvalue weighted by atomic mass is 10.1. The van der Waals surface area contributed by atoms with Crippen molar-refractivity contribution in [2.24, 2.45) is 0 Å². The van der Waals surface area contributed by atoms with Gasteiger partial charge >= 0.3 is 0 Å². The number of amides is 1. The largest absolute Gasteiger partial charge is 0.548 e. The summed E-state index contributed by atoms with van der Waals surface area (Å²) in [4.78, 5) is 23.8. The summed E-state index contributed by atoms with van der Waals surface area (Å²) in [6, 6.07) is 8.23. The van der Waals surface area contributed by atoms with Crippen molar-refractivity contribution in [2.45, 2.75) is 12.6 Å². The van der Waals surface area contributed by atoms with Gasteiger partial charge in [0, 0.05) is 6.54 Å². The van der Waals surface area contributed by atoms with Crippen LogP contribution in [0.1, 0.15) is 5.56 Å². The first-order valence-corrected chi connectivity index (χ1v) is 5.30. The Labute approximate surface area is 98.6 Å². The Morgan fingerprint density at radius 1 is 1.41 bits per heavy atom. The number of rotatable bonds is 3. The fraction of sp³-hybridized carbons (Fsp3) is 0.333. The number of carboxylic acids is 1. The first kappa shape index (κ1) is 11.6. The van der Waals surface area contributed by atoms with Crippen LogP contribution in [0.25, 0.3) is 0 Å². The summed E-state index contributed by atoms with van der Waals surface area (Å²) in [5.74, 6) is -1.61. The summed E-state index contributed by atoms with van der Waals surface area (Å²) >= 11 is 0. The van der Waals surface area contributed by atoms with Crippen molar-refractivity contribution in [3.63, 3.8) is 0 Å². The van der Waals surface area contributed by atoms with Gasteiger partial charge in [0.15, 0.2) is 0 Å². The second-order valence-corrected chi connectivity index (χ2v) is 3.86. The predicted molar refractivity (Wildman–Crippen MR) is 56.6 cm³/mol. The third kappa shape index (κ3) is 2.62. The number of ether oxygens (including phenoxy) is 1. The van der Waals surface area contributed by atoms with Crippen molar-refractivity contribution < 1.29 is 19.4 Å². The number of carbonyl (C=O) groups excluding carboxylic acids is 2. The minimum absolute atomic E-state index is 0.0130. The van der Waals surface area contributed by atoms with E-state index in [0.717, 1.165) is 5.56 Å². The molecular weight excluding hydrogens is 222 g/mol. The van der Waals surface area contributed by atoms with E-state index in [1.807, 2.05) is 30.3 Å². The molecule has 1 fully saturated rings. The fourth-order valence-electron chi connectivity index (χ4n) is 1.78. The van der Waals surface area contributed by atoms with Crippen LogP contribution < -0.4 is 5.11 Å². The Hall–Kier alpha value is -1.88. The second kappa shape index (κ2) is 4.97. The van der Waals surface area contributed by atoms with E-state index in [4.69, 9.17) is 4.74 Å². The molecule has 1 aromatic carbocycles. The minimum Gasteiger partial charge on any atom is -0.548 e. The fourth-order valence-corrected chi connectivity index (χ4v) is 1.78. The van der Waals surface area contributed by atoms with Gasteiger partial charge in [-0.25, -0.2) is 0 Å². The zero-order valence-electron chi connectivity index (χ0n) is 9.17. The highest BCUT2D eigenvalue weighted by molar-refractivity contribution is 5.84. The van der Waals surface area contributed by atoms with Crippen LogP contribution in [0.3, 0.4) is 0 Å². The van der Waals surface area contributed by atoms with Gasteiger partial charge < -0.3 is 19.5 Å². The molecule has 1 aromatic rings. The Kier molecular flexibility index (Phi) is 3.39. The molecule has 5 heteroatoms. The molecule has 5 nitrogen and oxygen atoms in total. The molecular formula is C12H12NO4-. The van der Waals surface area contributed by atoms with Crippen LogP contribution in [0.5, 0.6) is 0 Å². The summed E-state index contributed by atoms with van der Waals surface area (Å²) in [5.41, 5.74) is 0.883. The molecule has 0 radical (unpaired) electrons. The Morgan fingerprint density at radius 2 is 2.12 bits per heavy atom. The quantitative estimate of drug-likeness (QED) is 0.684.